The van der Waals surface area contributed by atoms with Gasteiger partial charge in [-0.3, -0.25) is 4.90 Å². The van der Waals surface area contributed by atoms with Crippen LogP contribution < -0.4 is 5.32 Å². The Morgan fingerprint density at radius 3 is 2.30 bits per heavy atom. The second-order valence-electron chi connectivity index (χ2n) is 7.09. The minimum atomic E-state index is 0.705. The summed E-state index contributed by atoms with van der Waals surface area (Å²) in [5, 5.41) is 3.77. The molecular formula is C17H35N3. The van der Waals surface area contributed by atoms with E-state index in [4.69, 9.17) is 0 Å². The number of nitrogens with zero attached hydrogens (tertiary/aromatic N) is 2. The van der Waals surface area contributed by atoms with Crippen LogP contribution in [0.25, 0.3) is 0 Å². The molecule has 2 rings (SSSR count). The van der Waals surface area contributed by atoms with Gasteiger partial charge < -0.3 is 10.2 Å². The molecule has 118 valence electrons. The highest BCUT2D eigenvalue weighted by Crippen LogP contribution is 2.32. The van der Waals surface area contributed by atoms with E-state index in [1.54, 1.807) is 0 Å². The highest BCUT2D eigenvalue weighted by molar-refractivity contribution is 4.95. The zero-order chi connectivity index (χ0) is 14.5. The molecule has 0 amide bonds. The van der Waals surface area contributed by atoms with Gasteiger partial charge in [-0.05, 0) is 44.2 Å². The minimum absolute atomic E-state index is 0.705. The highest BCUT2D eigenvalue weighted by Gasteiger charge is 2.38. The molecule has 0 spiro atoms. The maximum atomic E-state index is 3.77. The molecule has 20 heavy (non-hydrogen) atoms. The summed E-state index contributed by atoms with van der Waals surface area (Å²) >= 11 is 0. The molecule has 0 aromatic rings. The van der Waals surface area contributed by atoms with E-state index < -0.39 is 0 Å². The van der Waals surface area contributed by atoms with Gasteiger partial charge in [0.2, 0.25) is 0 Å². The van der Waals surface area contributed by atoms with Crippen molar-refractivity contribution in [2.45, 2.75) is 59.0 Å². The summed E-state index contributed by atoms with van der Waals surface area (Å²) in [6, 6.07) is 1.46. The Balaban J connectivity index is 1.94. The standard InChI is InChI=1S/C17H35N3/c1-5-7-19-8-10-20(11-9-19)17-15(4)12-14(3)13-16(17)18-6-2/h14-18H,5-13H2,1-4H3. The average molecular weight is 281 g/mol. The third-order valence-electron chi connectivity index (χ3n) is 5.26. The van der Waals surface area contributed by atoms with Crippen LogP contribution in [0.1, 0.15) is 47.0 Å². The Morgan fingerprint density at radius 2 is 1.70 bits per heavy atom. The number of rotatable bonds is 5. The summed E-state index contributed by atoms with van der Waals surface area (Å²) in [4.78, 5) is 5.42. The van der Waals surface area contributed by atoms with Crippen LogP contribution in [0, 0.1) is 11.8 Å². The normalized spacial score (nSPS) is 37.2. The number of nitrogens with one attached hydrogen (secondary N) is 1. The molecular weight excluding hydrogens is 246 g/mol. The average Bonchev–Trinajstić information content (AvgIpc) is 2.40. The molecule has 1 N–H and O–H groups in total. The molecule has 0 radical (unpaired) electrons. The van der Waals surface area contributed by atoms with Crippen LogP contribution in [-0.4, -0.2) is 61.2 Å². The first-order valence-corrected chi connectivity index (χ1v) is 8.85. The summed E-state index contributed by atoms with van der Waals surface area (Å²) in [7, 11) is 0. The number of hydrogen-bond donors (Lipinski definition) is 1. The molecule has 2 fully saturated rings. The lowest BCUT2D eigenvalue weighted by Gasteiger charge is -2.48. The molecule has 1 saturated heterocycles. The summed E-state index contributed by atoms with van der Waals surface area (Å²) in [5.74, 6) is 1.72. The van der Waals surface area contributed by atoms with E-state index in [1.165, 1.54) is 52.0 Å². The SMILES string of the molecule is CCCN1CCN(C2C(C)CC(C)CC2NCC)CC1. The first kappa shape index (κ1) is 16.3. The molecule has 1 aliphatic carbocycles. The first-order valence-electron chi connectivity index (χ1n) is 8.85. The topological polar surface area (TPSA) is 18.5 Å². The number of likely N-dealkylation sites (N-methyl/N-ethyl adjacent to an activating group) is 1. The van der Waals surface area contributed by atoms with E-state index in [2.05, 4.69) is 42.8 Å². The van der Waals surface area contributed by atoms with Crippen molar-refractivity contribution in [3.05, 3.63) is 0 Å². The Labute approximate surface area is 126 Å². The maximum Gasteiger partial charge on any atom is 0.0276 e. The Hall–Kier alpha value is -0.120. The van der Waals surface area contributed by atoms with Crippen LogP contribution in [-0.2, 0) is 0 Å². The van der Waals surface area contributed by atoms with Crippen molar-refractivity contribution < 1.29 is 0 Å². The smallest absolute Gasteiger partial charge is 0.0276 e. The third-order valence-corrected chi connectivity index (χ3v) is 5.26. The summed E-state index contributed by atoms with van der Waals surface area (Å²) in [6.07, 6.45) is 4.05. The van der Waals surface area contributed by atoms with Gasteiger partial charge in [-0.2, -0.15) is 0 Å². The van der Waals surface area contributed by atoms with Crippen LogP contribution in [0.3, 0.4) is 0 Å². The van der Waals surface area contributed by atoms with Crippen molar-refractivity contribution in [2.24, 2.45) is 11.8 Å². The van der Waals surface area contributed by atoms with Gasteiger partial charge >= 0.3 is 0 Å². The molecule has 1 heterocycles. The molecule has 0 bridgehead atoms. The molecule has 0 aromatic heterocycles. The number of piperazine rings is 1. The van der Waals surface area contributed by atoms with Crippen LogP contribution in [0.2, 0.25) is 0 Å². The van der Waals surface area contributed by atoms with E-state index >= 15 is 0 Å². The van der Waals surface area contributed by atoms with Crippen LogP contribution in [0.5, 0.6) is 0 Å². The second-order valence-corrected chi connectivity index (χ2v) is 7.09. The Morgan fingerprint density at radius 1 is 1.00 bits per heavy atom. The zero-order valence-corrected chi connectivity index (χ0v) is 14.1. The van der Waals surface area contributed by atoms with Crippen LogP contribution >= 0.6 is 0 Å². The lowest BCUT2D eigenvalue weighted by Crippen LogP contribution is -2.60. The van der Waals surface area contributed by atoms with Crippen molar-refractivity contribution in [1.82, 2.24) is 15.1 Å². The van der Waals surface area contributed by atoms with Gasteiger partial charge in [-0.15, -0.1) is 0 Å². The van der Waals surface area contributed by atoms with Gasteiger partial charge in [0.05, 0.1) is 0 Å². The van der Waals surface area contributed by atoms with Gasteiger partial charge in [0.15, 0.2) is 0 Å². The lowest BCUT2D eigenvalue weighted by atomic mass is 9.75. The van der Waals surface area contributed by atoms with Gasteiger partial charge in [0.1, 0.15) is 0 Å². The molecule has 1 aliphatic heterocycles. The minimum Gasteiger partial charge on any atom is -0.313 e. The van der Waals surface area contributed by atoms with Crippen molar-refractivity contribution in [3.8, 4) is 0 Å². The summed E-state index contributed by atoms with van der Waals surface area (Å²) < 4.78 is 0. The van der Waals surface area contributed by atoms with Crippen molar-refractivity contribution in [3.63, 3.8) is 0 Å². The first-order chi connectivity index (χ1) is 9.65. The maximum absolute atomic E-state index is 3.77. The van der Waals surface area contributed by atoms with E-state index in [-0.39, 0.29) is 0 Å². The molecule has 4 atom stereocenters. The predicted molar refractivity (Wildman–Crippen MR) is 87.1 cm³/mol. The quantitative estimate of drug-likeness (QED) is 0.835. The lowest BCUT2D eigenvalue weighted by molar-refractivity contribution is 0.0242. The summed E-state index contributed by atoms with van der Waals surface area (Å²) in [5.41, 5.74) is 0. The zero-order valence-electron chi connectivity index (χ0n) is 14.1. The predicted octanol–water partition coefficient (Wildman–Crippen LogP) is 2.43. The van der Waals surface area contributed by atoms with Gasteiger partial charge in [-0.1, -0.05) is 27.7 Å². The Kier molecular flexibility index (Phi) is 6.31. The third kappa shape index (κ3) is 3.96. The molecule has 1 saturated carbocycles. The fraction of sp³-hybridized carbons (Fsp3) is 1.00. The number of hydrogen-bond acceptors (Lipinski definition) is 3. The van der Waals surface area contributed by atoms with Gasteiger partial charge in [0, 0.05) is 38.3 Å². The van der Waals surface area contributed by atoms with Crippen molar-refractivity contribution in [1.29, 1.82) is 0 Å². The van der Waals surface area contributed by atoms with Gasteiger partial charge in [0.25, 0.3) is 0 Å². The van der Waals surface area contributed by atoms with E-state index in [9.17, 15) is 0 Å². The van der Waals surface area contributed by atoms with E-state index in [1.807, 2.05) is 0 Å². The fourth-order valence-corrected chi connectivity index (χ4v) is 4.52. The van der Waals surface area contributed by atoms with E-state index in [0.29, 0.717) is 6.04 Å². The van der Waals surface area contributed by atoms with Crippen LogP contribution in [0.15, 0.2) is 0 Å². The molecule has 0 aromatic carbocycles. The second kappa shape index (κ2) is 7.77. The van der Waals surface area contributed by atoms with Crippen molar-refractivity contribution >= 4 is 0 Å². The Bertz CT molecular complexity index is 273. The fourth-order valence-electron chi connectivity index (χ4n) is 4.52. The van der Waals surface area contributed by atoms with E-state index in [0.717, 1.165) is 24.4 Å². The molecule has 2 aliphatic rings. The largest absolute Gasteiger partial charge is 0.313 e. The molecule has 4 unspecified atom stereocenters. The van der Waals surface area contributed by atoms with Gasteiger partial charge in [-0.25, -0.2) is 0 Å². The molecule has 3 nitrogen and oxygen atoms in total. The molecule has 3 heteroatoms. The summed E-state index contributed by atoms with van der Waals surface area (Å²) in [6.45, 7) is 16.9. The van der Waals surface area contributed by atoms with Crippen LogP contribution in [0.4, 0.5) is 0 Å². The monoisotopic (exact) mass is 281 g/mol. The van der Waals surface area contributed by atoms with Crippen molar-refractivity contribution in [2.75, 3.05) is 39.3 Å². The highest BCUT2D eigenvalue weighted by atomic mass is 15.3.